The minimum atomic E-state index is -0.313. The SMILES string of the molecule is CCN(CC)c1ccc(/C=C(\C#N)C(=O)c2ccoc2C)cc1. The predicted octanol–water partition coefficient (Wildman–Crippen LogP) is 4.22. The van der Waals surface area contributed by atoms with Crippen LogP contribution in [0.2, 0.25) is 0 Å². The van der Waals surface area contributed by atoms with Crippen molar-refractivity contribution in [1.82, 2.24) is 0 Å². The number of ketones is 1. The minimum Gasteiger partial charge on any atom is -0.469 e. The van der Waals surface area contributed by atoms with Crippen LogP contribution < -0.4 is 4.90 Å². The lowest BCUT2D eigenvalue weighted by Crippen LogP contribution is -2.21. The van der Waals surface area contributed by atoms with Crippen molar-refractivity contribution in [2.24, 2.45) is 0 Å². The lowest BCUT2D eigenvalue weighted by Gasteiger charge is -2.20. The van der Waals surface area contributed by atoms with Crippen LogP contribution in [0.4, 0.5) is 5.69 Å². The van der Waals surface area contributed by atoms with Gasteiger partial charge in [0, 0.05) is 18.8 Å². The molecule has 4 heteroatoms. The fraction of sp³-hybridized carbons (Fsp3) is 0.263. The zero-order valence-corrected chi connectivity index (χ0v) is 13.7. The van der Waals surface area contributed by atoms with E-state index in [4.69, 9.17) is 4.42 Å². The summed E-state index contributed by atoms with van der Waals surface area (Å²) in [6.45, 7) is 7.80. The average molecular weight is 308 g/mol. The largest absolute Gasteiger partial charge is 0.469 e. The summed E-state index contributed by atoms with van der Waals surface area (Å²) < 4.78 is 5.13. The molecule has 4 nitrogen and oxygen atoms in total. The normalized spacial score (nSPS) is 11.1. The molecule has 0 saturated carbocycles. The van der Waals surface area contributed by atoms with E-state index < -0.39 is 0 Å². The number of anilines is 1. The predicted molar refractivity (Wildman–Crippen MR) is 91.4 cm³/mol. The molecule has 0 aliphatic heterocycles. The fourth-order valence-electron chi connectivity index (χ4n) is 2.45. The van der Waals surface area contributed by atoms with Crippen LogP contribution >= 0.6 is 0 Å². The smallest absolute Gasteiger partial charge is 0.207 e. The molecule has 118 valence electrons. The van der Waals surface area contributed by atoms with E-state index in [9.17, 15) is 10.1 Å². The molecule has 0 N–H and O–H groups in total. The average Bonchev–Trinajstić information content (AvgIpc) is 3.00. The monoisotopic (exact) mass is 308 g/mol. The van der Waals surface area contributed by atoms with Gasteiger partial charge in [0.05, 0.1) is 11.8 Å². The van der Waals surface area contributed by atoms with Crippen LogP contribution in [0.15, 0.2) is 46.6 Å². The lowest BCUT2D eigenvalue weighted by molar-refractivity contribution is 0.103. The number of benzene rings is 1. The van der Waals surface area contributed by atoms with E-state index in [-0.39, 0.29) is 11.4 Å². The zero-order chi connectivity index (χ0) is 16.8. The molecular weight excluding hydrogens is 288 g/mol. The Balaban J connectivity index is 2.27. The molecule has 0 unspecified atom stereocenters. The summed E-state index contributed by atoms with van der Waals surface area (Å²) >= 11 is 0. The molecule has 0 saturated heterocycles. The molecule has 0 radical (unpaired) electrons. The Morgan fingerprint density at radius 3 is 2.35 bits per heavy atom. The van der Waals surface area contributed by atoms with Crippen molar-refractivity contribution in [2.75, 3.05) is 18.0 Å². The number of aryl methyl sites for hydroxylation is 1. The van der Waals surface area contributed by atoms with Crippen molar-refractivity contribution in [3.63, 3.8) is 0 Å². The van der Waals surface area contributed by atoms with Crippen LogP contribution in [0.1, 0.15) is 35.5 Å². The van der Waals surface area contributed by atoms with Crippen molar-refractivity contribution in [1.29, 1.82) is 5.26 Å². The Morgan fingerprint density at radius 1 is 1.22 bits per heavy atom. The van der Waals surface area contributed by atoms with Gasteiger partial charge < -0.3 is 9.32 Å². The molecule has 0 fully saturated rings. The van der Waals surface area contributed by atoms with Crippen molar-refractivity contribution in [2.45, 2.75) is 20.8 Å². The standard InChI is InChI=1S/C19H20N2O2/c1-4-21(5-2)17-8-6-15(7-9-17)12-16(13-20)19(22)18-10-11-23-14(18)3/h6-12H,4-5H2,1-3H3/b16-12+. The topological polar surface area (TPSA) is 57.2 Å². The second kappa shape index (κ2) is 7.46. The Bertz CT molecular complexity index is 744. The third-order valence-electron chi connectivity index (χ3n) is 3.80. The summed E-state index contributed by atoms with van der Waals surface area (Å²) in [6, 6.07) is 11.4. The number of carbonyl (C=O) groups is 1. The minimum absolute atomic E-state index is 0.102. The van der Waals surface area contributed by atoms with E-state index in [2.05, 4.69) is 18.7 Å². The van der Waals surface area contributed by atoms with Gasteiger partial charge >= 0.3 is 0 Å². The third-order valence-corrected chi connectivity index (χ3v) is 3.80. The summed E-state index contributed by atoms with van der Waals surface area (Å²) in [5.41, 5.74) is 2.48. The Hall–Kier alpha value is -2.80. The van der Waals surface area contributed by atoms with E-state index in [0.717, 1.165) is 24.3 Å². The van der Waals surface area contributed by atoms with E-state index in [1.165, 1.54) is 6.26 Å². The summed E-state index contributed by atoms with van der Waals surface area (Å²) in [5.74, 6) is 0.208. The molecular formula is C19H20N2O2. The third kappa shape index (κ3) is 3.70. The van der Waals surface area contributed by atoms with Gasteiger partial charge in [-0.1, -0.05) is 12.1 Å². The molecule has 23 heavy (non-hydrogen) atoms. The first-order chi connectivity index (χ1) is 11.1. The highest BCUT2D eigenvalue weighted by Gasteiger charge is 2.16. The maximum absolute atomic E-state index is 12.4. The summed E-state index contributed by atoms with van der Waals surface area (Å²) in [5, 5.41) is 9.29. The van der Waals surface area contributed by atoms with E-state index in [1.807, 2.05) is 30.3 Å². The molecule has 2 aromatic rings. The van der Waals surface area contributed by atoms with Gasteiger partial charge in [-0.2, -0.15) is 5.26 Å². The highest BCUT2D eigenvalue weighted by molar-refractivity contribution is 6.14. The molecule has 0 aliphatic rings. The maximum atomic E-state index is 12.4. The first kappa shape index (κ1) is 16.6. The van der Waals surface area contributed by atoms with Gasteiger partial charge in [0.2, 0.25) is 5.78 Å². The van der Waals surface area contributed by atoms with Crippen LogP contribution in [0.5, 0.6) is 0 Å². The molecule has 0 bridgehead atoms. The molecule has 0 spiro atoms. The number of allylic oxidation sites excluding steroid dienone is 1. The molecule has 1 aromatic carbocycles. The highest BCUT2D eigenvalue weighted by atomic mass is 16.3. The van der Waals surface area contributed by atoms with E-state index >= 15 is 0 Å². The second-order valence-corrected chi connectivity index (χ2v) is 5.15. The molecule has 0 amide bonds. The number of nitrogens with zero attached hydrogens (tertiary/aromatic N) is 2. The number of furan rings is 1. The van der Waals surface area contributed by atoms with Gasteiger partial charge in [-0.05, 0) is 50.6 Å². The number of rotatable bonds is 6. The van der Waals surface area contributed by atoms with Gasteiger partial charge in [0.15, 0.2) is 0 Å². The summed E-state index contributed by atoms with van der Waals surface area (Å²) in [7, 11) is 0. The van der Waals surface area contributed by atoms with Gasteiger partial charge in [-0.25, -0.2) is 0 Å². The number of hydrogen-bond acceptors (Lipinski definition) is 4. The zero-order valence-electron chi connectivity index (χ0n) is 13.7. The Kier molecular flexibility index (Phi) is 5.37. The number of carbonyl (C=O) groups excluding carboxylic acids is 1. The fourth-order valence-corrected chi connectivity index (χ4v) is 2.45. The van der Waals surface area contributed by atoms with Crippen molar-refractivity contribution < 1.29 is 9.21 Å². The van der Waals surface area contributed by atoms with Gasteiger partial charge in [-0.15, -0.1) is 0 Å². The number of nitriles is 1. The molecule has 0 aliphatic carbocycles. The first-order valence-electron chi connectivity index (χ1n) is 7.66. The maximum Gasteiger partial charge on any atom is 0.207 e. The molecule has 1 heterocycles. The number of Topliss-reactive ketones (excluding diaryl/α,β-unsaturated/α-hetero) is 1. The number of hydrogen-bond donors (Lipinski definition) is 0. The molecule has 0 atom stereocenters. The van der Waals surface area contributed by atoms with Gasteiger partial charge in [-0.3, -0.25) is 4.79 Å². The van der Waals surface area contributed by atoms with Crippen molar-refractivity contribution >= 4 is 17.5 Å². The van der Waals surface area contributed by atoms with Crippen molar-refractivity contribution in [3.05, 3.63) is 59.1 Å². The Labute approximate surface area is 136 Å². The van der Waals surface area contributed by atoms with Crippen LogP contribution in [0.3, 0.4) is 0 Å². The van der Waals surface area contributed by atoms with Crippen LogP contribution in [-0.2, 0) is 0 Å². The quantitative estimate of drug-likeness (QED) is 0.455. The summed E-state index contributed by atoms with van der Waals surface area (Å²) in [6.07, 6.45) is 3.07. The highest BCUT2D eigenvalue weighted by Crippen LogP contribution is 2.19. The Morgan fingerprint density at radius 2 is 1.87 bits per heavy atom. The van der Waals surface area contributed by atoms with Crippen LogP contribution in [0.25, 0.3) is 6.08 Å². The summed E-state index contributed by atoms with van der Waals surface area (Å²) in [4.78, 5) is 14.6. The molecule has 1 aromatic heterocycles. The van der Waals surface area contributed by atoms with E-state index in [0.29, 0.717) is 11.3 Å². The van der Waals surface area contributed by atoms with Crippen LogP contribution in [0, 0.1) is 18.3 Å². The second-order valence-electron chi connectivity index (χ2n) is 5.15. The van der Waals surface area contributed by atoms with E-state index in [1.54, 1.807) is 19.1 Å². The first-order valence-corrected chi connectivity index (χ1v) is 7.66. The van der Waals surface area contributed by atoms with Gasteiger partial charge in [0.1, 0.15) is 17.4 Å². The lowest BCUT2D eigenvalue weighted by atomic mass is 10.0. The van der Waals surface area contributed by atoms with Gasteiger partial charge in [0.25, 0.3) is 0 Å². The van der Waals surface area contributed by atoms with Crippen LogP contribution in [-0.4, -0.2) is 18.9 Å². The van der Waals surface area contributed by atoms with Crippen molar-refractivity contribution in [3.8, 4) is 6.07 Å². The molecule has 2 rings (SSSR count).